The van der Waals surface area contributed by atoms with Crippen LogP contribution in [0.15, 0.2) is 46.9 Å². The third kappa shape index (κ3) is 4.21. The highest BCUT2D eigenvalue weighted by atomic mass is 35.5. The number of nitrogens with zero attached hydrogens (tertiary/aromatic N) is 2. The molecule has 7 heteroatoms. The zero-order valence-electron chi connectivity index (χ0n) is 14.2. The summed E-state index contributed by atoms with van der Waals surface area (Å²) in [5.41, 5.74) is 1.28. The number of aryl methyl sites for hydroxylation is 2. The number of ketones is 1. The molecule has 2 heterocycles. The van der Waals surface area contributed by atoms with Gasteiger partial charge in [-0.1, -0.05) is 11.6 Å². The minimum atomic E-state index is -0.430. The van der Waals surface area contributed by atoms with Crippen LogP contribution in [-0.2, 0) is 13.7 Å². The minimum Gasteiger partial charge on any atom is -0.484 e. The van der Waals surface area contributed by atoms with Gasteiger partial charge in [0.25, 0.3) is 0 Å². The van der Waals surface area contributed by atoms with Gasteiger partial charge in [-0.2, -0.15) is 5.10 Å². The van der Waals surface area contributed by atoms with Gasteiger partial charge in [0.1, 0.15) is 35.4 Å². The molecule has 0 fully saturated rings. The summed E-state index contributed by atoms with van der Waals surface area (Å²) in [4.78, 5) is 12.2. The van der Waals surface area contributed by atoms with Gasteiger partial charge in [0.2, 0.25) is 5.78 Å². The van der Waals surface area contributed by atoms with E-state index in [1.165, 1.54) is 29.0 Å². The molecule has 0 N–H and O–H groups in total. The number of carbonyl (C=O) groups excluding carboxylic acids is 1. The largest absolute Gasteiger partial charge is 0.484 e. The van der Waals surface area contributed by atoms with Crippen molar-refractivity contribution in [3.05, 3.63) is 76.2 Å². The standard InChI is InChI=1S/C19H16ClFN2O3/c1-12-9-17(23(2)22-12)18(24)7-6-14-4-5-15(26-14)11-25-19-8-3-13(21)10-16(19)20/h3-10H,11H2,1-2H3. The Morgan fingerprint density at radius 2 is 2.15 bits per heavy atom. The third-order valence-electron chi connectivity index (χ3n) is 3.60. The van der Waals surface area contributed by atoms with Crippen LogP contribution in [0, 0.1) is 12.7 Å². The van der Waals surface area contributed by atoms with Crippen LogP contribution in [0.25, 0.3) is 6.08 Å². The topological polar surface area (TPSA) is 57.3 Å². The van der Waals surface area contributed by atoms with Crippen molar-refractivity contribution in [2.24, 2.45) is 7.05 Å². The van der Waals surface area contributed by atoms with E-state index in [-0.39, 0.29) is 17.4 Å². The highest BCUT2D eigenvalue weighted by Gasteiger charge is 2.09. The molecule has 5 nitrogen and oxygen atoms in total. The molecule has 2 aromatic heterocycles. The average molecular weight is 375 g/mol. The minimum absolute atomic E-state index is 0.133. The number of carbonyl (C=O) groups is 1. The fourth-order valence-corrected chi connectivity index (χ4v) is 2.61. The van der Waals surface area contributed by atoms with E-state index in [9.17, 15) is 9.18 Å². The molecule has 3 rings (SSSR count). The lowest BCUT2D eigenvalue weighted by molar-refractivity contribution is 0.103. The second-order valence-corrected chi connectivity index (χ2v) is 6.07. The monoisotopic (exact) mass is 374 g/mol. The lowest BCUT2D eigenvalue weighted by atomic mass is 10.2. The Balaban J connectivity index is 1.62. The molecule has 26 heavy (non-hydrogen) atoms. The van der Waals surface area contributed by atoms with E-state index in [1.807, 2.05) is 6.92 Å². The normalized spacial score (nSPS) is 11.2. The van der Waals surface area contributed by atoms with Gasteiger partial charge in [0.05, 0.1) is 10.7 Å². The predicted molar refractivity (Wildman–Crippen MR) is 95.8 cm³/mol. The van der Waals surface area contributed by atoms with Crippen molar-refractivity contribution < 1.29 is 18.3 Å². The van der Waals surface area contributed by atoms with Gasteiger partial charge in [-0.3, -0.25) is 9.48 Å². The molecule has 0 saturated heterocycles. The number of aromatic nitrogens is 2. The number of furan rings is 1. The van der Waals surface area contributed by atoms with E-state index in [2.05, 4.69) is 5.10 Å². The first-order valence-electron chi connectivity index (χ1n) is 7.82. The first kappa shape index (κ1) is 17.9. The molecule has 0 atom stereocenters. The van der Waals surface area contributed by atoms with Crippen LogP contribution in [0.1, 0.15) is 27.7 Å². The molecule has 134 valence electrons. The van der Waals surface area contributed by atoms with Gasteiger partial charge in [0.15, 0.2) is 0 Å². The van der Waals surface area contributed by atoms with E-state index < -0.39 is 5.82 Å². The van der Waals surface area contributed by atoms with Gasteiger partial charge in [0, 0.05) is 7.05 Å². The lowest BCUT2D eigenvalue weighted by Crippen LogP contribution is -2.03. The van der Waals surface area contributed by atoms with Gasteiger partial charge < -0.3 is 9.15 Å². The van der Waals surface area contributed by atoms with Gasteiger partial charge >= 0.3 is 0 Å². The number of rotatable bonds is 6. The Labute approximate surface area is 154 Å². The smallest absolute Gasteiger partial charge is 0.203 e. The molecule has 0 radical (unpaired) electrons. The molecular weight excluding hydrogens is 359 g/mol. The second kappa shape index (κ2) is 7.58. The molecule has 0 aliphatic carbocycles. The Morgan fingerprint density at radius 3 is 2.85 bits per heavy atom. The molecular formula is C19H16ClFN2O3. The first-order chi connectivity index (χ1) is 12.4. The van der Waals surface area contributed by atoms with E-state index in [1.54, 1.807) is 31.3 Å². The maximum absolute atomic E-state index is 13.0. The van der Waals surface area contributed by atoms with E-state index in [4.69, 9.17) is 20.8 Å². The summed E-state index contributed by atoms with van der Waals surface area (Å²) < 4.78 is 25.6. The zero-order valence-corrected chi connectivity index (χ0v) is 15.0. The number of halogens is 2. The van der Waals surface area contributed by atoms with Gasteiger partial charge in [-0.25, -0.2) is 4.39 Å². The van der Waals surface area contributed by atoms with Crippen LogP contribution in [0.4, 0.5) is 4.39 Å². The van der Waals surface area contributed by atoms with E-state index in [0.29, 0.717) is 23.0 Å². The number of hydrogen-bond donors (Lipinski definition) is 0. The number of allylic oxidation sites excluding steroid dienone is 1. The maximum Gasteiger partial charge on any atom is 0.203 e. The Hall–Kier alpha value is -2.86. The quantitative estimate of drug-likeness (QED) is 0.467. The van der Waals surface area contributed by atoms with Crippen molar-refractivity contribution in [1.82, 2.24) is 9.78 Å². The summed E-state index contributed by atoms with van der Waals surface area (Å²) in [6, 6.07) is 9.08. The number of hydrogen-bond acceptors (Lipinski definition) is 4. The summed E-state index contributed by atoms with van der Waals surface area (Å²) in [5.74, 6) is 0.833. The summed E-state index contributed by atoms with van der Waals surface area (Å²) in [5, 5.41) is 4.33. The first-order valence-corrected chi connectivity index (χ1v) is 8.20. The number of ether oxygens (including phenoxy) is 1. The van der Waals surface area contributed by atoms with Crippen LogP contribution in [0.5, 0.6) is 5.75 Å². The van der Waals surface area contributed by atoms with Crippen molar-refractivity contribution in [2.45, 2.75) is 13.5 Å². The zero-order chi connectivity index (χ0) is 18.7. The van der Waals surface area contributed by atoms with Crippen molar-refractivity contribution in [3.63, 3.8) is 0 Å². The summed E-state index contributed by atoms with van der Waals surface area (Å²) in [6.45, 7) is 1.96. The maximum atomic E-state index is 13.0. The fraction of sp³-hybridized carbons (Fsp3) is 0.158. The van der Waals surface area contributed by atoms with Crippen LogP contribution in [0.2, 0.25) is 5.02 Å². The van der Waals surface area contributed by atoms with Crippen LogP contribution in [0.3, 0.4) is 0 Å². The molecule has 1 aromatic carbocycles. The fourth-order valence-electron chi connectivity index (χ4n) is 2.39. The van der Waals surface area contributed by atoms with Crippen molar-refractivity contribution >= 4 is 23.5 Å². The Bertz CT molecular complexity index is 975. The molecule has 0 spiro atoms. The molecule has 0 saturated carbocycles. The van der Waals surface area contributed by atoms with E-state index >= 15 is 0 Å². The lowest BCUT2D eigenvalue weighted by Gasteiger charge is -2.05. The SMILES string of the molecule is Cc1cc(C(=O)C=Cc2ccc(COc3ccc(F)cc3Cl)o2)n(C)n1. The Kier molecular flexibility index (Phi) is 5.23. The molecule has 0 bridgehead atoms. The van der Waals surface area contributed by atoms with Crippen molar-refractivity contribution in [1.29, 1.82) is 0 Å². The van der Waals surface area contributed by atoms with Gasteiger partial charge in [-0.05, 0) is 55.5 Å². The van der Waals surface area contributed by atoms with E-state index in [0.717, 1.165) is 5.69 Å². The average Bonchev–Trinajstić information content (AvgIpc) is 3.18. The number of benzene rings is 1. The second-order valence-electron chi connectivity index (χ2n) is 5.66. The highest BCUT2D eigenvalue weighted by molar-refractivity contribution is 6.32. The molecule has 0 amide bonds. The summed E-state index contributed by atoms with van der Waals surface area (Å²) in [6.07, 6.45) is 3.01. The van der Waals surface area contributed by atoms with Crippen LogP contribution < -0.4 is 4.74 Å². The highest BCUT2D eigenvalue weighted by Crippen LogP contribution is 2.26. The van der Waals surface area contributed by atoms with Crippen molar-refractivity contribution in [3.8, 4) is 5.75 Å². The Morgan fingerprint density at radius 1 is 1.35 bits per heavy atom. The van der Waals surface area contributed by atoms with Crippen LogP contribution >= 0.6 is 11.6 Å². The molecule has 0 aliphatic heterocycles. The summed E-state index contributed by atoms with van der Waals surface area (Å²) in [7, 11) is 1.72. The summed E-state index contributed by atoms with van der Waals surface area (Å²) >= 11 is 5.91. The van der Waals surface area contributed by atoms with Crippen molar-refractivity contribution in [2.75, 3.05) is 0 Å². The molecule has 0 aliphatic rings. The predicted octanol–water partition coefficient (Wildman–Crippen LogP) is 4.59. The third-order valence-corrected chi connectivity index (χ3v) is 3.90. The molecule has 3 aromatic rings. The molecule has 0 unspecified atom stereocenters. The van der Waals surface area contributed by atoms with Crippen LogP contribution in [-0.4, -0.2) is 15.6 Å². The van der Waals surface area contributed by atoms with Gasteiger partial charge in [-0.15, -0.1) is 0 Å².